The Bertz CT molecular complexity index is 1140. The minimum absolute atomic E-state index is 0.186. The molecule has 27 heavy (non-hydrogen) atoms. The summed E-state index contributed by atoms with van der Waals surface area (Å²) >= 11 is 0. The minimum Gasteiger partial charge on any atom is -0.382 e. The van der Waals surface area contributed by atoms with Crippen molar-refractivity contribution in [2.75, 3.05) is 16.2 Å². The van der Waals surface area contributed by atoms with Crippen LogP contribution in [-0.2, 0) is 10.0 Å². The summed E-state index contributed by atoms with van der Waals surface area (Å²) in [5.74, 6) is 6.09. The van der Waals surface area contributed by atoms with Gasteiger partial charge < -0.3 is 11.5 Å². The predicted octanol–water partition coefficient (Wildman–Crippen LogP) is 2.15. The molecule has 0 amide bonds. The van der Waals surface area contributed by atoms with Gasteiger partial charge in [0.25, 0.3) is 10.0 Å². The molecular weight excluding hydrogens is 362 g/mol. The topological polar surface area (TPSA) is 124 Å². The van der Waals surface area contributed by atoms with E-state index in [9.17, 15) is 8.42 Å². The van der Waals surface area contributed by atoms with E-state index in [1.165, 1.54) is 6.33 Å². The number of hydrogen-bond donors (Lipinski definition) is 3. The standard InChI is InChI=1S/C19H17N5O2S/c1-13-5-2-3-8-17(13)27(25,26)24-15-7-4-6-14(11-15)9-10-16-18(20)22-12-23-19(16)21/h2-8,11-12,24H,1H3,(H4,20,21,22,23). The van der Waals surface area contributed by atoms with Crippen molar-refractivity contribution in [3.05, 3.63) is 71.5 Å². The zero-order valence-corrected chi connectivity index (χ0v) is 15.3. The molecule has 0 bridgehead atoms. The lowest BCUT2D eigenvalue weighted by Crippen LogP contribution is -2.14. The smallest absolute Gasteiger partial charge is 0.262 e. The van der Waals surface area contributed by atoms with Crippen LogP contribution in [0.4, 0.5) is 17.3 Å². The van der Waals surface area contributed by atoms with Crippen molar-refractivity contribution in [1.82, 2.24) is 9.97 Å². The maximum atomic E-state index is 12.6. The van der Waals surface area contributed by atoms with Crippen LogP contribution >= 0.6 is 0 Å². The molecule has 0 aliphatic rings. The highest BCUT2D eigenvalue weighted by atomic mass is 32.2. The number of nitrogens with zero attached hydrogens (tertiary/aromatic N) is 2. The number of aromatic nitrogens is 2. The van der Waals surface area contributed by atoms with Crippen LogP contribution in [0.3, 0.4) is 0 Å². The van der Waals surface area contributed by atoms with E-state index in [0.29, 0.717) is 22.4 Å². The zero-order valence-electron chi connectivity index (χ0n) is 14.5. The van der Waals surface area contributed by atoms with Crippen molar-refractivity contribution in [1.29, 1.82) is 0 Å². The summed E-state index contributed by atoms with van der Waals surface area (Å²) in [5, 5.41) is 0. The summed E-state index contributed by atoms with van der Waals surface area (Å²) in [6.07, 6.45) is 1.26. The van der Waals surface area contributed by atoms with Gasteiger partial charge in [-0.05, 0) is 36.8 Å². The van der Waals surface area contributed by atoms with Crippen molar-refractivity contribution in [3.63, 3.8) is 0 Å². The van der Waals surface area contributed by atoms with E-state index in [4.69, 9.17) is 11.5 Å². The molecule has 8 heteroatoms. The number of benzene rings is 2. The maximum Gasteiger partial charge on any atom is 0.262 e. The molecule has 0 saturated carbocycles. The molecular formula is C19H17N5O2S. The van der Waals surface area contributed by atoms with Crippen LogP contribution in [0.2, 0.25) is 0 Å². The minimum atomic E-state index is -3.70. The Labute approximate surface area is 157 Å². The van der Waals surface area contributed by atoms with Gasteiger partial charge in [-0.2, -0.15) is 0 Å². The van der Waals surface area contributed by atoms with Gasteiger partial charge in [0.1, 0.15) is 23.5 Å². The van der Waals surface area contributed by atoms with E-state index in [0.717, 1.165) is 0 Å². The van der Waals surface area contributed by atoms with E-state index in [2.05, 4.69) is 26.5 Å². The van der Waals surface area contributed by atoms with Crippen molar-refractivity contribution in [2.24, 2.45) is 0 Å². The summed E-state index contributed by atoms with van der Waals surface area (Å²) < 4.78 is 27.8. The highest BCUT2D eigenvalue weighted by Gasteiger charge is 2.16. The zero-order chi connectivity index (χ0) is 19.4. The molecule has 136 valence electrons. The first kappa shape index (κ1) is 18.2. The lowest BCUT2D eigenvalue weighted by Gasteiger charge is -2.10. The summed E-state index contributed by atoms with van der Waals surface area (Å²) in [5.41, 5.74) is 13.5. The van der Waals surface area contributed by atoms with Crippen LogP contribution in [-0.4, -0.2) is 18.4 Å². The Kier molecular flexibility index (Phi) is 4.96. The Balaban J connectivity index is 1.89. The fourth-order valence-electron chi connectivity index (χ4n) is 2.40. The first-order valence-corrected chi connectivity index (χ1v) is 9.41. The molecule has 0 atom stereocenters. The SMILES string of the molecule is Cc1ccccc1S(=O)(=O)Nc1cccc(C#Cc2c(N)ncnc2N)c1. The van der Waals surface area contributed by atoms with Gasteiger partial charge >= 0.3 is 0 Å². The Hall–Kier alpha value is -3.57. The number of anilines is 3. The van der Waals surface area contributed by atoms with Crippen LogP contribution < -0.4 is 16.2 Å². The van der Waals surface area contributed by atoms with E-state index >= 15 is 0 Å². The van der Waals surface area contributed by atoms with Gasteiger partial charge in [0.15, 0.2) is 0 Å². The largest absolute Gasteiger partial charge is 0.382 e. The molecule has 3 rings (SSSR count). The molecule has 7 nitrogen and oxygen atoms in total. The fourth-order valence-corrected chi connectivity index (χ4v) is 3.70. The van der Waals surface area contributed by atoms with Gasteiger partial charge in [-0.1, -0.05) is 36.1 Å². The summed E-state index contributed by atoms with van der Waals surface area (Å²) in [4.78, 5) is 7.93. The van der Waals surface area contributed by atoms with E-state index in [1.807, 2.05) is 0 Å². The third kappa shape index (κ3) is 4.16. The van der Waals surface area contributed by atoms with E-state index < -0.39 is 10.0 Å². The number of nitrogens with one attached hydrogen (secondary N) is 1. The van der Waals surface area contributed by atoms with Gasteiger partial charge in [0.2, 0.25) is 0 Å². The van der Waals surface area contributed by atoms with Crippen LogP contribution in [0, 0.1) is 18.8 Å². The number of sulfonamides is 1. The number of hydrogen-bond acceptors (Lipinski definition) is 6. The highest BCUT2D eigenvalue weighted by Crippen LogP contribution is 2.20. The molecule has 1 heterocycles. The first-order chi connectivity index (χ1) is 12.9. The maximum absolute atomic E-state index is 12.6. The van der Waals surface area contributed by atoms with Gasteiger partial charge in [-0.3, -0.25) is 4.72 Å². The van der Waals surface area contributed by atoms with E-state index in [-0.39, 0.29) is 16.5 Å². The normalized spacial score (nSPS) is 10.7. The summed E-state index contributed by atoms with van der Waals surface area (Å²) in [6.45, 7) is 1.74. The molecule has 0 unspecified atom stereocenters. The lowest BCUT2D eigenvalue weighted by molar-refractivity contribution is 0.600. The van der Waals surface area contributed by atoms with Gasteiger partial charge in [-0.25, -0.2) is 18.4 Å². The number of nitrogens with two attached hydrogens (primary N) is 2. The Morgan fingerprint density at radius 1 is 0.963 bits per heavy atom. The molecule has 1 aromatic heterocycles. The number of rotatable bonds is 3. The number of nitrogen functional groups attached to an aromatic ring is 2. The summed E-state index contributed by atoms with van der Waals surface area (Å²) in [6, 6.07) is 13.5. The molecule has 3 aromatic rings. The predicted molar refractivity (Wildman–Crippen MR) is 105 cm³/mol. The van der Waals surface area contributed by atoms with Crippen LogP contribution in [0.1, 0.15) is 16.7 Å². The lowest BCUT2D eigenvalue weighted by atomic mass is 10.2. The van der Waals surface area contributed by atoms with Gasteiger partial charge in [0, 0.05) is 5.56 Å². The average molecular weight is 379 g/mol. The van der Waals surface area contributed by atoms with Crippen LogP contribution in [0.25, 0.3) is 0 Å². The number of aryl methyl sites for hydroxylation is 1. The molecule has 0 aliphatic carbocycles. The van der Waals surface area contributed by atoms with Crippen molar-refractivity contribution >= 4 is 27.3 Å². The van der Waals surface area contributed by atoms with Crippen LogP contribution in [0.15, 0.2) is 59.8 Å². The van der Waals surface area contributed by atoms with Gasteiger partial charge in [-0.15, -0.1) is 0 Å². The summed E-state index contributed by atoms with van der Waals surface area (Å²) in [7, 11) is -3.70. The Morgan fingerprint density at radius 3 is 2.37 bits per heavy atom. The molecule has 5 N–H and O–H groups in total. The fraction of sp³-hybridized carbons (Fsp3) is 0.0526. The third-order valence-electron chi connectivity index (χ3n) is 3.74. The average Bonchev–Trinajstić information content (AvgIpc) is 2.61. The third-order valence-corrected chi connectivity index (χ3v) is 5.28. The monoisotopic (exact) mass is 379 g/mol. The molecule has 2 aromatic carbocycles. The van der Waals surface area contributed by atoms with Gasteiger partial charge in [0.05, 0.1) is 10.6 Å². The van der Waals surface area contributed by atoms with Crippen LogP contribution in [0.5, 0.6) is 0 Å². The van der Waals surface area contributed by atoms with E-state index in [1.54, 1.807) is 55.5 Å². The highest BCUT2D eigenvalue weighted by molar-refractivity contribution is 7.92. The van der Waals surface area contributed by atoms with Crippen molar-refractivity contribution in [3.8, 4) is 11.8 Å². The van der Waals surface area contributed by atoms with Crippen molar-refractivity contribution in [2.45, 2.75) is 11.8 Å². The first-order valence-electron chi connectivity index (χ1n) is 7.93. The quantitative estimate of drug-likeness (QED) is 0.599. The molecule has 0 saturated heterocycles. The second kappa shape index (κ2) is 7.35. The molecule has 0 aliphatic heterocycles. The second-order valence-corrected chi connectivity index (χ2v) is 7.37. The second-order valence-electron chi connectivity index (χ2n) is 5.72. The Morgan fingerprint density at radius 2 is 1.67 bits per heavy atom. The molecule has 0 spiro atoms. The van der Waals surface area contributed by atoms with Crippen molar-refractivity contribution < 1.29 is 8.42 Å². The molecule has 0 fully saturated rings. The molecule has 0 radical (unpaired) electrons.